The monoisotopic (exact) mass is 380 g/mol. The maximum absolute atomic E-state index is 9.05. The van der Waals surface area contributed by atoms with Crippen LogP contribution in [0.2, 0.25) is 0 Å². The maximum atomic E-state index is 9.05. The lowest BCUT2D eigenvalue weighted by Crippen LogP contribution is -2.36. The lowest BCUT2D eigenvalue weighted by atomic mass is 9.77. The molecule has 1 heterocycles. The van der Waals surface area contributed by atoms with Crippen molar-refractivity contribution in [2.45, 2.75) is 12.0 Å². The van der Waals surface area contributed by atoms with Gasteiger partial charge in [0.15, 0.2) is 0 Å². The van der Waals surface area contributed by atoms with Crippen molar-refractivity contribution in [3.63, 3.8) is 0 Å². The summed E-state index contributed by atoms with van der Waals surface area (Å²) in [5, 5.41) is 9.05. The fourth-order valence-electron chi connectivity index (χ4n) is 3.87. The summed E-state index contributed by atoms with van der Waals surface area (Å²) in [5.74, 6) is 0. The van der Waals surface area contributed by atoms with Gasteiger partial charge in [0.1, 0.15) is 5.54 Å². The van der Waals surface area contributed by atoms with Crippen molar-refractivity contribution in [3.8, 4) is 0 Å². The van der Waals surface area contributed by atoms with Crippen molar-refractivity contribution in [2.75, 3.05) is 6.61 Å². The van der Waals surface area contributed by atoms with Gasteiger partial charge in [0, 0.05) is 12.8 Å². The zero-order valence-electron chi connectivity index (χ0n) is 16.2. The molecule has 0 fully saturated rings. The molecule has 0 amide bonds. The summed E-state index contributed by atoms with van der Waals surface area (Å²) >= 11 is 0. The number of imidazole rings is 1. The highest BCUT2D eigenvalue weighted by Crippen LogP contribution is 2.40. The van der Waals surface area contributed by atoms with Gasteiger partial charge in [-0.3, -0.25) is 0 Å². The topological polar surface area (TPSA) is 38.0 Å². The third-order valence-electron chi connectivity index (χ3n) is 5.15. The fraction of sp³-hybridized carbons (Fsp3) is 0.115. The molecule has 0 spiro atoms. The minimum absolute atomic E-state index is 0.138. The van der Waals surface area contributed by atoms with Gasteiger partial charge < -0.3 is 9.67 Å². The van der Waals surface area contributed by atoms with Crippen LogP contribution in [0.4, 0.5) is 0 Å². The number of aromatic nitrogens is 2. The lowest BCUT2D eigenvalue weighted by molar-refractivity contribution is 0.303. The first kappa shape index (κ1) is 18.9. The van der Waals surface area contributed by atoms with Crippen molar-refractivity contribution in [1.29, 1.82) is 0 Å². The molecule has 29 heavy (non-hydrogen) atoms. The molecule has 0 aliphatic rings. The Kier molecular flexibility index (Phi) is 5.68. The normalized spacial score (nSPS) is 11.8. The second-order valence-electron chi connectivity index (χ2n) is 6.93. The number of hydrogen-bond acceptors (Lipinski definition) is 2. The second kappa shape index (κ2) is 8.72. The van der Waals surface area contributed by atoms with E-state index in [0.717, 1.165) is 5.69 Å². The summed E-state index contributed by atoms with van der Waals surface area (Å²) in [4.78, 5) is 4.62. The summed E-state index contributed by atoms with van der Waals surface area (Å²) in [5.41, 5.74) is 3.83. The second-order valence-corrected chi connectivity index (χ2v) is 6.93. The number of nitrogens with zero attached hydrogens (tertiary/aromatic N) is 2. The van der Waals surface area contributed by atoms with Crippen LogP contribution >= 0.6 is 0 Å². The molecule has 0 atom stereocenters. The molecule has 3 aromatic carbocycles. The Labute approximate surface area is 171 Å². The Balaban J connectivity index is 1.99. The van der Waals surface area contributed by atoms with E-state index >= 15 is 0 Å². The minimum Gasteiger partial charge on any atom is -0.396 e. The van der Waals surface area contributed by atoms with Crippen LogP contribution in [-0.2, 0) is 5.54 Å². The first-order chi connectivity index (χ1) is 14.4. The summed E-state index contributed by atoms with van der Waals surface area (Å²) in [7, 11) is 0. The molecule has 0 aliphatic carbocycles. The first-order valence-electron chi connectivity index (χ1n) is 9.84. The van der Waals surface area contributed by atoms with Gasteiger partial charge in [-0.05, 0) is 29.2 Å². The third kappa shape index (κ3) is 3.65. The van der Waals surface area contributed by atoms with Gasteiger partial charge in [0.25, 0.3) is 0 Å². The molecule has 4 rings (SSSR count). The summed E-state index contributed by atoms with van der Waals surface area (Å²) < 4.78 is 2.19. The SMILES string of the molecule is OCC/C=C/c1cn(C(c2ccccc2)(c2ccccc2)c2ccccc2)cn1. The van der Waals surface area contributed by atoms with E-state index in [1.165, 1.54) is 16.7 Å². The van der Waals surface area contributed by atoms with Gasteiger partial charge in [-0.25, -0.2) is 4.98 Å². The van der Waals surface area contributed by atoms with Crippen LogP contribution in [0.25, 0.3) is 6.08 Å². The summed E-state index contributed by atoms with van der Waals surface area (Å²) in [6.07, 6.45) is 8.49. The van der Waals surface area contributed by atoms with E-state index in [1.54, 1.807) is 0 Å². The van der Waals surface area contributed by atoms with Crippen molar-refractivity contribution < 1.29 is 5.11 Å². The standard InChI is InChI=1S/C26H24N2O/c29-19-11-10-18-25-20-28(21-27-25)26(22-12-4-1-5-13-22,23-14-6-2-7-15-23)24-16-8-3-9-17-24/h1-10,12-18,20-21,29H,11,19H2/b18-10+. The lowest BCUT2D eigenvalue weighted by Gasteiger charge is -2.37. The van der Waals surface area contributed by atoms with Crippen LogP contribution in [-0.4, -0.2) is 21.3 Å². The minimum atomic E-state index is -0.542. The molecule has 3 nitrogen and oxygen atoms in total. The Morgan fingerprint density at radius 3 is 1.69 bits per heavy atom. The zero-order chi connectivity index (χ0) is 19.9. The molecular formula is C26H24N2O. The van der Waals surface area contributed by atoms with Gasteiger partial charge in [-0.2, -0.15) is 0 Å². The van der Waals surface area contributed by atoms with Crippen molar-refractivity contribution in [3.05, 3.63) is 132 Å². The number of rotatable bonds is 7. The predicted octanol–water partition coefficient (Wildman–Crippen LogP) is 5.12. The molecule has 0 bridgehead atoms. The molecule has 0 aliphatic heterocycles. The van der Waals surface area contributed by atoms with Crippen molar-refractivity contribution >= 4 is 6.08 Å². The Morgan fingerprint density at radius 2 is 1.24 bits per heavy atom. The molecule has 0 saturated heterocycles. The molecule has 0 saturated carbocycles. The van der Waals surface area contributed by atoms with Gasteiger partial charge in [0.05, 0.1) is 12.0 Å². The summed E-state index contributed by atoms with van der Waals surface area (Å²) in [6.45, 7) is 0.138. The number of benzene rings is 3. The third-order valence-corrected chi connectivity index (χ3v) is 5.15. The average molecular weight is 380 g/mol. The Hall–Kier alpha value is -3.43. The average Bonchev–Trinajstić information content (AvgIpc) is 3.26. The van der Waals surface area contributed by atoms with Gasteiger partial charge in [0.2, 0.25) is 0 Å². The van der Waals surface area contributed by atoms with E-state index in [2.05, 4.69) is 88.5 Å². The molecule has 1 N–H and O–H groups in total. The zero-order valence-corrected chi connectivity index (χ0v) is 16.2. The van der Waals surface area contributed by atoms with Gasteiger partial charge in [-0.1, -0.05) is 97.1 Å². The Morgan fingerprint density at radius 1 is 0.759 bits per heavy atom. The molecule has 4 aromatic rings. The van der Waals surface area contributed by atoms with Gasteiger partial charge in [-0.15, -0.1) is 0 Å². The smallest absolute Gasteiger partial charge is 0.121 e. The van der Waals surface area contributed by atoms with E-state index < -0.39 is 5.54 Å². The van der Waals surface area contributed by atoms with Crippen molar-refractivity contribution in [1.82, 2.24) is 9.55 Å². The van der Waals surface area contributed by atoms with Crippen LogP contribution in [0.1, 0.15) is 28.8 Å². The first-order valence-corrected chi connectivity index (χ1v) is 9.84. The van der Waals surface area contributed by atoms with Crippen LogP contribution < -0.4 is 0 Å². The molecular weight excluding hydrogens is 356 g/mol. The highest BCUT2D eigenvalue weighted by Gasteiger charge is 2.38. The maximum Gasteiger partial charge on any atom is 0.121 e. The number of aliphatic hydroxyl groups is 1. The number of hydrogen-bond donors (Lipinski definition) is 1. The largest absolute Gasteiger partial charge is 0.396 e. The van der Waals surface area contributed by atoms with Crippen molar-refractivity contribution in [2.24, 2.45) is 0 Å². The predicted molar refractivity (Wildman–Crippen MR) is 118 cm³/mol. The number of aliphatic hydroxyl groups excluding tert-OH is 1. The molecule has 144 valence electrons. The molecule has 1 aromatic heterocycles. The van der Waals surface area contributed by atoms with Crippen LogP contribution in [0.3, 0.4) is 0 Å². The highest BCUT2D eigenvalue weighted by atomic mass is 16.2. The van der Waals surface area contributed by atoms with E-state index in [9.17, 15) is 0 Å². The molecule has 3 heteroatoms. The van der Waals surface area contributed by atoms with E-state index in [0.29, 0.717) is 6.42 Å². The highest BCUT2D eigenvalue weighted by molar-refractivity contribution is 5.52. The van der Waals surface area contributed by atoms with Gasteiger partial charge >= 0.3 is 0 Å². The van der Waals surface area contributed by atoms with E-state index in [4.69, 9.17) is 5.11 Å². The van der Waals surface area contributed by atoms with E-state index in [1.807, 2.05) is 36.7 Å². The fourth-order valence-corrected chi connectivity index (χ4v) is 3.87. The van der Waals surface area contributed by atoms with Crippen LogP contribution in [0, 0.1) is 0 Å². The Bertz CT molecular complexity index is 957. The van der Waals surface area contributed by atoms with Crippen LogP contribution in [0.15, 0.2) is 110 Å². The summed E-state index contributed by atoms with van der Waals surface area (Å²) in [6, 6.07) is 31.6. The molecule has 0 unspecified atom stereocenters. The molecule has 0 radical (unpaired) electrons. The quantitative estimate of drug-likeness (QED) is 0.452. The van der Waals surface area contributed by atoms with Crippen LogP contribution in [0.5, 0.6) is 0 Å². The van der Waals surface area contributed by atoms with E-state index in [-0.39, 0.29) is 6.61 Å².